The summed E-state index contributed by atoms with van der Waals surface area (Å²) >= 11 is -0.387. The summed E-state index contributed by atoms with van der Waals surface area (Å²) in [6, 6.07) is 32.1. The van der Waals surface area contributed by atoms with Gasteiger partial charge < -0.3 is 0 Å². The molecule has 0 N–H and O–H groups in total. The summed E-state index contributed by atoms with van der Waals surface area (Å²) in [4.78, 5) is 0. The van der Waals surface area contributed by atoms with Gasteiger partial charge in [0.15, 0.2) is 0 Å². The van der Waals surface area contributed by atoms with Gasteiger partial charge >= 0.3 is 136 Å². The van der Waals surface area contributed by atoms with Crippen LogP contribution in [0.1, 0.15) is 11.1 Å². The zero-order valence-electron chi connectivity index (χ0n) is 11.6. The van der Waals surface area contributed by atoms with E-state index in [2.05, 4.69) is 97.1 Å². The monoisotopic (exact) mass is 386 g/mol. The van der Waals surface area contributed by atoms with Crippen LogP contribution >= 0.6 is 0 Å². The molecular weight excluding hydrogens is 368 g/mol. The minimum absolute atomic E-state index is 0.387. The van der Waals surface area contributed by atoms with E-state index in [1.807, 2.05) is 0 Å². The fourth-order valence-electron chi connectivity index (χ4n) is 2.09. The van der Waals surface area contributed by atoms with E-state index >= 15 is 0 Å². The van der Waals surface area contributed by atoms with Crippen LogP contribution in [0, 0.1) is 0 Å². The Balaban J connectivity index is 1.97. The van der Waals surface area contributed by atoms with Crippen LogP contribution in [0.15, 0.2) is 91.0 Å². The van der Waals surface area contributed by atoms with Gasteiger partial charge in [-0.25, -0.2) is 0 Å². The molecule has 3 aromatic rings. The van der Waals surface area contributed by atoms with E-state index in [1.165, 1.54) is 18.4 Å². The third-order valence-electron chi connectivity index (χ3n) is 3.13. The molecule has 1 heteroatoms. The molecule has 0 fully saturated rings. The maximum absolute atomic E-state index is 2.34. The van der Waals surface area contributed by atoms with Crippen molar-refractivity contribution in [2.75, 3.05) is 0 Å². The SMILES string of the molecule is C(=C(\[Te]c1ccccc1)c1ccccc1)/c1ccccc1. The van der Waals surface area contributed by atoms with E-state index in [9.17, 15) is 0 Å². The van der Waals surface area contributed by atoms with Crippen molar-refractivity contribution in [2.45, 2.75) is 0 Å². The van der Waals surface area contributed by atoms with Crippen molar-refractivity contribution in [1.82, 2.24) is 0 Å². The van der Waals surface area contributed by atoms with E-state index in [0.29, 0.717) is 0 Å². The summed E-state index contributed by atoms with van der Waals surface area (Å²) in [7, 11) is 0. The quantitative estimate of drug-likeness (QED) is 0.467. The van der Waals surface area contributed by atoms with Crippen molar-refractivity contribution >= 4 is 34.2 Å². The fourth-order valence-corrected chi connectivity index (χ4v) is 4.93. The summed E-state index contributed by atoms with van der Waals surface area (Å²) in [5.74, 6) is 0. The van der Waals surface area contributed by atoms with Crippen molar-refractivity contribution in [2.24, 2.45) is 0 Å². The maximum atomic E-state index is 2.34. The van der Waals surface area contributed by atoms with Gasteiger partial charge in [0.1, 0.15) is 0 Å². The van der Waals surface area contributed by atoms with Gasteiger partial charge in [0.05, 0.1) is 0 Å². The Morgan fingerprint density at radius 3 is 1.76 bits per heavy atom. The van der Waals surface area contributed by atoms with Crippen LogP contribution in [0.25, 0.3) is 9.70 Å². The van der Waals surface area contributed by atoms with E-state index in [1.54, 1.807) is 0 Å². The molecule has 0 spiro atoms. The predicted octanol–water partition coefficient (Wildman–Crippen LogP) is 4.21. The average molecular weight is 384 g/mol. The number of hydrogen-bond donors (Lipinski definition) is 0. The van der Waals surface area contributed by atoms with Gasteiger partial charge in [-0.2, -0.15) is 0 Å². The summed E-state index contributed by atoms with van der Waals surface area (Å²) in [6.45, 7) is 0. The second kappa shape index (κ2) is 7.27. The summed E-state index contributed by atoms with van der Waals surface area (Å²) in [5.41, 5.74) is 2.62. The molecular formula is C20H16Te. The van der Waals surface area contributed by atoms with Gasteiger partial charge in [-0.15, -0.1) is 0 Å². The van der Waals surface area contributed by atoms with Gasteiger partial charge in [-0.05, 0) is 0 Å². The van der Waals surface area contributed by atoms with Crippen LogP contribution < -0.4 is 3.61 Å². The van der Waals surface area contributed by atoms with Crippen molar-refractivity contribution < 1.29 is 0 Å². The van der Waals surface area contributed by atoms with E-state index in [0.717, 1.165) is 0 Å². The molecule has 0 unspecified atom stereocenters. The first kappa shape index (κ1) is 14.1. The molecule has 0 bridgehead atoms. The molecule has 0 nitrogen and oxygen atoms in total. The zero-order valence-corrected chi connectivity index (χ0v) is 14.0. The molecule has 0 aliphatic heterocycles. The second-order valence-electron chi connectivity index (χ2n) is 4.70. The van der Waals surface area contributed by atoms with Crippen LogP contribution in [0.5, 0.6) is 0 Å². The van der Waals surface area contributed by atoms with Gasteiger partial charge in [-0.3, -0.25) is 0 Å². The summed E-state index contributed by atoms with van der Waals surface area (Å²) in [6.07, 6.45) is 2.34. The van der Waals surface area contributed by atoms with Crippen molar-refractivity contribution in [1.29, 1.82) is 0 Å². The molecule has 3 aromatic carbocycles. The van der Waals surface area contributed by atoms with E-state index < -0.39 is 0 Å². The normalized spacial score (nSPS) is 11.3. The Morgan fingerprint density at radius 2 is 1.14 bits per heavy atom. The standard InChI is InChI=1S/C20H16Te/c1-4-10-17(11-5-1)16-20(18-12-6-2-7-13-18)21-19-14-8-3-9-15-19/h1-16H/b20-16+. The first-order chi connectivity index (χ1) is 10.4. The van der Waals surface area contributed by atoms with E-state index in [-0.39, 0.29) is 20.9 Å². The van der Waals surface area contributed by atoms with Gasteiger partial charge in [0.2, 0.25) is 0 Å². The first-order valence-corrected chi connectivity index (χ1v) is 9.30. The number of benzene rings is 3. The molecule has 102 valence electrons. The topological polar surface area (TPSA) is 0 Å². The summed E-state index contributed by atoms with van der Waals surface area (Å²) < 4.78 is 2.94. The zero-order chi connectivity index (χ0) is 14.3. The molecule has 3 rings (SSSR count). The molecule has 0 atom stereocenters. The molecule has 0 aliphatic carbocycles. The molecule has 0 aromatic heterocycles. The Hall–Kier alpha value is -1.81. The van der Waals surface area contributed by atoms with Crippen molar-refractivity contribution in [3.8, 4) is 0 Å². The fraction of sp³-hybridized carbons (Fsp3) is 0. The van der Waals surface area contributed by atoms with Gasteiger partial charge in [-0.1, -0.05) is 0 Å². The third kappa shape index (κ3) is 4.08. The Kier molecular flexibility index (Phi) is 4.90. The van der Waals surface area contributed by atoms with Gasteiger partial charge in [0, 0.05) is 0 Å². The van der Waals surface area contributed by atoms with Crippen molar-refractivity contribution in [3.63, 3.8) is 0 Å². The van der Waals surface area contributed by atoms with Crippen molar-refractivity contribution in [3.05, 3.63) is 102 Å². The molecule has 0 saturated carbocycles. The van der Waals surface area contributed by atoms with Gasteiger partial charge in [0.25, 0.3) is 0 Å². The predicted molar refractivity (Wildman–Crippen MR) is 92.6 cm³/mol. The molecule has 21 heavy (non-hydrogen) atoms. The van der Waals surface area contributed by atoms with Crippen LogP contribution in [0.2, 0.25) is 0 Å². The van der Waals surface area contributed by atoms with E-state index in [4.69, 9.17) is 0 Å². The Bertz CT molecular complexity index is 701. The van der Waals surface area contributed by atoms with Crippen LogP contribution in [0.3, 0.4) is 0 Å². The number of rotatable bonds is 4. The second-order valence-corrected chi connectivity index (χ2v) is 7.88. The van der Waals surface area contributed by atoms with Crippen LogP contribution in [-0.4, -0.2) is 20.9 Å². The Morgan fingerprint density at radius 1 is 0.619 bits per heavy atom. The molecule has 0 radical (unpaired) electrons. The molecule has 0 amide bonds. The third-order valence-corrected chi connectivity index (χ3v) is 6.21. The van der Waals surface area contributed by atoms with Crippen LogP contribution in [0.4, 0.5) is 0 Å². The van der Waals surface area contributed by atoms with Crippen LogP contribution in [-0.2, 0) is 0 Å². The number of hydrogen-bond acceptors (Lipinski definition) is 0. The summed E-state index contributed by atoms with van der Waals surface area (Å²) in [5, 5.41) is 0. The minimum atomic E-state index is -0.387. The first-order valence-electron chi connectivity index (χ1n) is 6.97. The molecule has 0 aliphatic rings. The average Bonchev–Trinajstić information content (AvgIpc) is 2.57. The molecule has 0 heterocycles. The Labute approximate surface area is 136 Å². The molecule has 0 saturated heterocycles.